The van der Waals surface area contributed by atoms with Crippen LogP contribution >= 0.6 is 0 Å². The van der Waals surface area contributed by atoms with Crippen molar-refractivity contribution in [1.29, 1.82) is 0 Å². The van der Waals surface area contributed by atoms with E-state index in [9.17, 15) is 4.39 Å². The maximum Gasteiger partial charge on any atom is 0.127 e. The SMILES string of the molecule is CCN(CCN)Cc1cc(C)ccc1F. The van der Waals surface area contributed by atoms with Gasteiger partial charge in [-0.05, 0) is 19.5 Å². The number of rotatable bonds is 5. The third kappa shape index (κ3) is 3.61. The lowest BCUT2D eigenvalue weighted by molar-refractivity contribution is 0.284. The molecule has 0 aliphatic carbocycles. The highest BCUT2D eigenvalue weighted by atomic mass is 19.1. The molecule has 3 heteroatoms. The van der Waals surface area contributed by atoms with Gasteiger partial charge < -0.3 is 5.73 Å². The third-order valence-corrected chi connectivity index (χ3v) is 2.49. The highest BCUT2D eigenvalue weighted by Crippen LogP contribution is 2.12. The van der Waals surface area contributed by atoms with Gasteiger partial charge in [0.05, 0.1) is 0 Å². The van der Waals surface area contributed by atoms with Crippen molar-refractivity contribution in [3.8, 4) is 0 Å². The van der Waals surface area contributed by atoms with Gasteiger partial charge in [-0.15, -0.1) is 0 Å². The Hall–Kier alpha value is -0.930. The summed E-state index contributed by atoms with van der Waals surface area (Å²) in [5, 5.41) is 0. The Bertz CT molecular complexity index is 312. The molecule has 0 atom stereocenters. The van der Waals surface area contributed by atoms with Gasteiger partial charge in [-0.1, -0.05) is 24.6 Å². The van der Waals surface area contributed by atoms with E-state index < -0.39 is 0 Å². The fourth-order valence-electron chi connectivity index (χ4n) is 1.60. The van der Waals surface area contributed by atoms with E-state index in [-0.39, 0.29) is 5.82 Å². The molecule has 0 bridgehead atoms. The molecule has 0 aliphatic heterocycles. The number of hydrogen-bond donors (Lipinski definition) is 1. The van der Waals surface area contributed by atoms with Crippen LogP contribution in [-0.4, -0.2) is 24.5 Å². The van der Waals surface area contributed by atoms with Crippen molar-refractivity contribution >= 4 is 0 Å². The Morgan fingerprint density at radius 1 is 1.40 bits per heavy atom. The summed E-state index contributed by atoms with van der Waals surface area (Å²) in [7, 11) is 0. The second-order valence-electron chi connectivity index (χ2n) is 3.75. The summed E-state index contributed by atoms with van der Waals surface area (Å²) in [5.74, 6) is -0.129. The quantitative estimate of drug-likeness (QED) is 0.804. The molecule has 15 heavy (non-hydrogen) atoms. The molecule has 0 fully saturated rings. The summed E-state index contributed by atoms with van der Waals surface area (Å²) < 4.78 is 13.4. The molecule has 0 saturated heterocycles. The predicted molar refractivity (Wildman–Crippen MR) is 61.1 cm³/mol. The first-order chi connectivity index (χ1) is 7.17. The molecule has 0 aliphatic rings. The van der Waals surface area contributed by atoms with Crippen LogP contribution < -0.4 is 5.73 Å². The number of benzene rings is 1. The predicted octanol–water partition coefficient (Wildman–Crippen LogP) is 1.91. The molecule has 0 amide bonds. The zero-order chi connectivity index (χ0) is 11.3. The van der Waals surface area contributed by atoms with Gasteiger partial charge >= 0.3 is 0 Å². The van der Waals surface area contributed by atoms with Gasteiger partial charge in [0.2, 0.25) is 0 Å². The van der Waals surface area contributed by atoms with E-state index in [2.05, 4.69) is 11.8 Å². The first-order valence-electron chi connectivity index (χ1n) is 5.34. The van der Waals surface area contributed by atoms with Crippen LogP contribution in [0.2, 0.25) is 0 Å². The smallest absolute Gasteiger partial charge is 0.127 e. The Kier molecular flexibility index (Phi) is 4.72. The summed E-state index contributed by atoms with van der Waals surface area (Å²) in [6.45, 7) is 6.99. The normalized spacial score (nSPS) is 11.0. The van der Waals surface area contributed by atoms with E-state index in [1.165, 1.54) is 6.07 Å². The summed E-state index contributed by atoms with van der Waals surface area (Å²) in [6, 6.07) is 5.22. The van der Waals surface area contributed by atoms with Gasteiger partial charge in [-0.25, -0.2) is 4.39 Å². The van der Waals surface area contributed by atoms with E-state index in [1.54, 1.807) is 6.07 Å². The lowest BCUT2D eigenvalue weighted by Gasteiger charge is -2.19. The van der Waals surface area contributed by atoms with Gasteiger partial charge in [0.15, 0.2) is 0 Å². The molecule has 2 N–H and O–H groups in total. The van der Waals surface area contributed by atoms with E-state index in [1.807, 2.05) is 13.0 Å². The molecule has 0 unspecified atom stereocenters. The average Bonchev–Trinajstić information content (AvgIpc) is 2.22. The molecule has 0 aromatic heterocycles. The summed E-state index contributed by atoms with van der Waals surface area (Å²) in [4.78, 5) is 2.14. The van der Waals surface area contributed by atoms with Crippen molar-refractivity contribution in [3.05, 3.63) is 35.1 Å². The molecule has 1 aromatic carbocycles. The van der Waals surface area contributed by atoms with Crippen LogP contribution in [0.5, 0.6) is 0 Å². The van der Waals surface area contributed by atoms with Crippen LogP contribution in [-0.2, 0) is 6.54 Å². The second kappa shape index (κ2) is 5.83. The molecule has 0 saturated carbocycles. The molecule has 1 rings (SSSR count). The molecule has 0 spiro atoms. The van der Waals surface area contributed by atoms with Gasteiger partial charge in [0, 0.05) is 25.2 Å². The van der Waals surface area contributed by atoms with Crippen LogP contribution in [0, 0.1) is 12.7 Å². The van der Waals surface area contributed by atoms with Crippen molar-refractivity contribution in [2.75, 3.05) is 19.6 Å². The molecular weight excluding hydrogens is 191 g/mol. The molecule has 1 aromatic rings. The van der Waals surface area contributed by atoms with Crippen molar-refractivity contribution in [2.24, 2.45) is 5.73 Å². The van der Waals surface area contributed by atoms with Crippen LogP contribution in [0.25, 0.3) is 0 Å². The fourth-order valence-corrected chi connectivity index (χ4v) is 1.60. The minimum Gasteiger partial charge on any atom is -0.329 e. The maximum absolute atomic E-state index is 13.4. The average molecular weight is 210 g/mol. The molecular formula is C12H19FN2. The monoisotopic (exact) mass is 210 g/mol. The number of aryl methyl sites for hydroxylation is 1. The van der Waals surface area contributed by atoms with Crippen LogP contribution in [0.15, 0.2) is 18.2 Å². The molecule has 2 nitrogen and oxygen atoms in total. The fraction of sp³-hybridized carbons (Fsp3) is 0.500. The minimum absolute atomic E-state index is 0.129. The van der Waals surface area contributed by atoms with E-state index in [4.69, 9.17) is 5.73 Å². The highest BCUT2D eigenvalue weighted by molar-refractivity contribution is 5.23. The van der Waals surface area contributed by atoms with E-state index in [0.717, 1.165) is 24.2 Å². The zero-order valence-corrected chi connectivity index (χ0v) is 9.46. The van der Waals surface area contributed by atoms with Gasteiger partial charge in [0.25, 0.3) is 0 Å². The van der Waals surface area contributed by atoms with Crippen LogP contribution in [0.3, 0.4) is 0 Å². The Labute approximate surface area is 90.9 Å². The molecule has 0 radical (unpaired) electrons. The zero-order valence-electron chi connectivity index (χ0n) is 9.46. The lowest BCUT2D eigenvalue weighted by Crippen LogP contribution is -2.29. The van der Waals surface area contributed by atoms with Gasteiger partial charge in [-0.3, -0.25) is 4.90 Å². The molecule has 0 heterocycles. The van der Waals surface area contributed by atoms with Crippen molar-refractivity contribution in [2.45, 2.75) is 20.4 Å². The van der Waals surface area contributed by atoms with E-state index in [0.29, 0.717) is 13.1 Å². The van der Waals surface area contributed by atoms with Crippen LogP contribution in [0.4, 0.5) is 4.39 Å². The van der Waals surface area contributed by atoms with E-state index >= 15 is 0 Å². The lowest BCUT2D eigenvalue weighted by atomic mass is 10.1. The standard InChI is InChI=1S/C12H19FN2/c1-3-15(7-6-14)9-11-8-10(2)4-5-12(11)13/h4-5,8H,3,6-7,9,14H2,1-2H3. The number of nitrogens with two attached hydrogens (primary N) is 1. The first kappa shape index (κ1) is 12.1. The molecule has 84 valence electrons. The number of likely N-dealkylation sites (N-methyl/N-ethyl adjacent to an activating group) is 1. The van der Waals surface area contributed by atoms with Crippen molar-refractivity contribution in [1.82, 2.24) is 4.90 Å². The van der Waals surface area contributed by atoms with Gasteiger partial charge in [-0.2, -0.15) is 0 Å². The second-order valence-corrected chi connectivity index (χ2v) is 3.75. The Balaban J connectivity index is 2.73. The van der Waals surface area contributed by atoms with Gasteiger partial charge in [0.1, 0.15) is 5.82 Å². The Morgan fingerprint density at radius 2 is 2.13 bits per heavy atom. The summed E-state index contributed by atoms with van der Waals surface area (Å²) in [6.07, 6.45) is 0. The van der Waals surface area contributed by atoms with Crippen molar-refractivity contribution in [3.63, 3.8) is 0 Å². The van der Waals surface area contributed by atoms with Crippen LogP contribution in [0.1, 0.15) is 18.1 Å². The number of hydrogen-bond acceptors (Lipinski definition) is 2. The summed E-state index contributed by atoms with van der Waals surface area (Å²) >= 11 is 0. The minimum atomic E-state index is -0.129. The topological polar surface area (TPSA) is 29.3 Å². The largest absolute Gasteiger partial charge is 0.329 e. The third-order valence-electron chi connectivity index (χ3n) is 2.49. The number of halogens is 1. The number of nitrogens with zero attached hydrogens (tertiary/aromatic N) is 1. The maximum atomic E-state index is 13.4. The first-order valence-corrected chi connectivity index (χ1v) is 5.34. The Morgan fingerprint density at radius 3 is 2.73 bits per heavy atom. The van der Waals surface area contributed by atoms with Crippen molar-refractivity contribution < 1.29 is 4.39 Å². The summed E-state index contributed by atoms with van der Waals surface area (Å²) in [5.41, 5.74) is 7.34. The highest BCUT2D eigenvalue weighted by Gasteiger charge is 2.07.